The highest BCUT2D eigenvalue weighted by atomic mass is 35.5. The van der Waals surface area contributed by atoms with Gasteiger partial charge in [-0.2, -0.15) is 5.26 Å². The summed E-state index contributed by atoms with van der Waals surface area (Å²) in [5.41, 5.74) is 1.19. The maximum absolute atomic E-state index is 12.2. The molecule has 2 aromatic carbocycles. The molecule has 0 spiro atoms. The number of aryl methyl sites for hydroxylation is 1. The standard InChI is InChI=1S/C17H12ClN3O3/c1-11-2-4-12(5-3-11)8-13(10-19)17(22)20-15-7-6-14(18)9-16(15)21(23)24/h2-9H,1H3,(H,20,22)/b13-8-. The van der Waals surface area contributed by atoms with Gasteiger partial charge in [-0.3, -0.25) is 14.9 Å². The van der Waals surface area contributed by atoms with Crippen molar-refractivity contribution in [3.63, 3.8) is 0 Å². The van der Waals surface area contributed by atoms with Crippen LogP contribution in [0.15, 0.2) is 48.0 Å². The molecule has 0 aliphatic rings. The van der Waals surface area contributed by atoms with Crippen LogP contribution in [0, 0.1) is 28.4 Å². The summed E-state index contributed by atoms with van der Waals surface area (Å²) in [5, 5.41) is 22.8. The summed E-state index contributed by atoms with van der Waals surface area (Å²) in [6.45, 7) is 1.92. The number of rotatable bonds is 4. The number of benzene rings is 2. The Kier molecular flexibility index (Phi) is 5.30. The number of nitrogens with zero attached hydrogens (tertiary/aromatic N) is 2. The number of nitro groups is 1. The minimum absolute atomic E-state index is 0.0283. The molecule has 2 aromatic rings. The van der Waals surface area contributed by atoms with E-state index >= 15 is 0 Å². The highest BCUT2D eigenvalue weighted by Gasteiger charge is 2.18. The number of hydrogen-bond donors (Lipinski definition) is 1. The van der Waals surface area contributed by atoms with Crippen molar-refractivity contribution in [3.8, 4) is 6.07 Å². The van der Waals surface area contributed by atoms with Crippen molar-refractivity contribution in [3.05, 3.63) is 74.3 Å². The van der Waals surface area contributed by atoms with Crippen LogP contribution < -0.4 is 5.32 Å². The lowest BCUT2D eigenvalue weighted by molar-refractivity contribution is -0.383. The van der Waals surface area contributed by atoms with Crippen LogP contribution in [0.2, 0.25) is 5.02 Å². The van der Waals surface area contributed by atoms with Crippen molar-refractivity contribution in [1.82, 2.24) is 0 Å². The van der Waals surface area contributed by atoms with E-state index in [4.69, 9.17) is 11.6 Å². The van der Waals surface area contributed by atoms with Crippen molar-refractivity contribution in [2.24, 2.45) is 0 Å². The van der Waals surface area contributed by atoms with E-state index in [-0.39, 0.29) is 22.0 Å². The number of anilines is 1. The molecule has 1 N–H and O–H groups in total. The normalized spacial score (nSPS) is 10.8. The van der Waals surface area contributed by atoms with Gasteiger partial charge in [-0.25, -0.2) is 0 Å². The van der Waals surface area contributed by atoms with E-state index in [1.165, 1.54) is 18.2 Å². The maximum atomic E-state index is 12.2. The van der Waals surface area contributed by atoms with E-state index in [2.05, 4.69) is 5.32 Å². The largest absolute Gasteiger partial charge is 0.316 e. The van der Waals surface area contributed by atoms with Crippen LogP contribution in [0.5, 0.6) is 0 Å². The van der Waals surface area contributed by atoms with E-state index in [1.54, 1.807) is 18.2 Å². The molecule has 0 atom stereocenters. The van der Waals surface area contributed by atoms with Crippen molar-refractivity contribution in [2.45, 2.75) is 6.92 Å². The van der Waals surface area contributed by atoms with Crippen LogP contribution >= 0.6 is 11.6 Å². The Morgan fingerprint density at radius 1 is 1.29 bits per heavy atom. The van der Waals surface area contributed by atoms with Gasteiger partial charge in [0.15, 0.2) is 0 Å². The second-order valence-electron chi connectivity index (χ2n) is 4.95. The fraction of sp³-hybridized carbons (Fsp3) is 0.0588. The number of halogens is 1. The number of amides is 1. The van der Waals surface area contributed by atoms with Crippen LogP contribution in [0.4, 0.5) is 11.4 Å². The van der Waals surface area contributed by atoms with Gasteiger partial charge in [0.05, 0.1) is 4.92 Å². The lowest BCUT2D eigenvalue weighted by Crippen LogP contribution is -2.14. The van der Waals surface area contributed by atoms with Crippen molar-refractivity contribution < 1.29 is 9.72 Å². The Morgan fingerprint density at radius 3 is 2.54 bits per heavy atom. The summed E-state index contributed by atoms with van der Waals surface area (Å²) in [6.07, 6.45) is 1.41. The third-order valence-electron chi connectivity index (χ3n) is 3.16. The van der Waals surface area contributed by atoms with Gasteiger partial charge in [0.1, 0.15) is 17.3 Å². The van der Waals surface area contributed by atoms with Crippen LogP contribution in [0.3, 0.4) is 0 Å². The van der Waals surface area contributed by atoms with E-state index in [0.29, 0.717) is 5.56 Å². The smallest absolute Gasteiger partial charge is 0.294 e. The highest BCUT2D eigenvalue weighted by molar-refractivity contribution is 6.31. The van der Waals surface area contributed by atoms with Crippen LogP contribution in [-0.2, 0) is 4.79 Å². The van der Waals surface area contributed by atoms with E-state index in [1.807, 2.05) is 19.1 Å². The van der Waals surface area contributed by atoms with Crippen molar-refractivity contribution >= 4 is 35.0 Å². The second kappa shape index (κ2) is 7.40. The molecule has 0 fully saturated rings. The summed E-state index contributed by atoms with van der Waals surface area (Å²) in [5.74, 6) is -0.733. The van der Waals surface area contributed by atoms with Crippen molar-refractivity contribution in [2.75, 3.05) is 5.32 Å². The Balaban J connectivity index is 2.29. The minimum atomic E-state index is -0.733. The number of nitrogens with one attached hydrogen (secondary N) is 1. The van der Waals surface area contributed by atoms with Crippen LogP contribution in [-0.4, -0.2) is 10.8 Å². The summed E-state index contributed by atoms with van der Waals surface area (Å²) in [7, 11) is 0. The zero-order valence-electron chi connectivity index (χ0n) is 12.6. The van der Waals surface area contributed by atoms with Gasteiger partial charge < -0.3 is 5.32 Å². The third kappa shape index (κ3) is 4.18. The molecule has 24 heavy (non-hydrogen) atoms. The Bertz CT molecular complexity index is 868. The van der Waals surface area contributed by atoms with E-state index in [9.17, 15) is 20.2 Å². The molecule has 0 heterocycles. The zero-order valence-corrected chi connectivity index (χ0v) is 13.4. The molecule has 0 aromatic heterocycles. The fourth-order valence-corrected chi connectivity index (χ4v) is 2.10. The van der Waals surface area contributed by atoms with Gasteiger partial charge in [-0.05, 0) is 30.7 Å². The molecule has 0 aliphatic carbocycles. The summed E-state index contributed by atoms with van der Waals surface area (Å²) >= 11 is 5.73. The molecule has 0 aliphatic heterocycles. The van der Waals surface area contributed by atoms with Crippen molar-refractivity contribution in [1.29, 1.82) is 5.26 Å². The zero-order chi connectivity index (χ0) is 17.7. The third-order valence-corrected chi connectivity index (χ3v) is 3.39. The van der Waals surface area contributed by atoms with Gasteiger partial charge in [0.25, 0.3) is 11.6 Å². The van der Waals surface area contributed by atoms with Gasteiger partial charge in [0, 0.05) is 11.1 Å². The SMILES string of the molecule is Cc1ccc(/C=C(/C#N)C(=O)Nc2ccc(Cl)cc2[N+](=O)[O-])cc1. The molecule has 0 saturated carbocycles. The van der Waals surface area contributed by atoms with Gasteiger partial charge in [-0.15, -0.1) is 0 Å². The molecular formula is C17H12ClN3O3. The Hall–Kier alpha value is -3.17. The van der Waals surface area contributed by atoms with E-state index < -0.39 is 10.8 Å². The number of carbonyl (C=O) groups is 1. The van der Waals surface area contributed by atoms with Crippen LogP contribution in [0.1, 0.15) is 11.1 Å². The van der Waals surface area contributed by atoms with E-state index in [0.717, 1.165) is 11.6 Å². The lowest BCUT2D eigenvalue weighted by Gasteiger charge is -2.06. The number of hydrogen-bond acceptors (Lipinski definition) is 4. The summed E-state index contributed by atoms with van der Waals surface area (Å²) in [4.78, 5) is 22.6. The highest BCUT2D eigenvalue weighted by Crippen LogP contribution is 2.28. The predicted molar refractivity (Wildman–Crippen MR) is 91.5 cm³/mol. The molecule has 0 radical (unpaired) electrons. The van der Waals surface area contributed by atoms with Gasteiger partial charge in [0.2, 0.25) is 0 Å². The van der Waals surface area contributed by atoms with Crippen LogP contribution in [0.25, 0.3) is 6.08 Å². The number of nitriles is 1. The first-order valence-electron chi connectivity index (χ1n) is 6.84. The molecule has 0 unspecified atom stereocenters. The molecule has 7 heteroatoms. The average Bonchev–Trinajstić information content (AvgIpc) is 2.55. The average molecular weight is 342 g/mol. The molecule has 2 rings (SSSR count). The summed E-state index contributed by atoms with van der Waals surface area (Å²) in [6, 6.07) is 12.9. The Morgan fingerprint density at radius 2 is 1.96 bits per heavy atom. The first-order chi connectivity index (χ1) is 11.4. The summed E-state index contributed by atoms with van der Waals surface area (Å²) < 4.78 is 0. The topological polar surface area (TPSA) is 96.0 Å². The first-order valence-corrected chi connectivity index (χ1v) is 7.22. The minimum Gasteiger partial charge on any atom is -0.316 e. The molecule has 120 valence electrons. The maximum Gasteiger partial charge on any atom is 0.294 e. The molecular weight excluding hydrogens is 330 g/mol. The molecule has 0 saturated heterocycles. The number of carbonyl (C=O) groups excluding carboxylic acids is 1. The Labute approximate surface area is 143 Å². The quantitative estimate of drug-likeness (QED) is 0.392. The molecule has 1 amide bonds. The lowest BCUT2D eigenvalue weighted by atomic mass is 10.1. The van der Waals surface area contributed by atoms with Gasteiger partial charge in [-0.1, -0.05) is 41.4 Å². The first kappa shape index (κ1) is 17.2. The fourth-order valence-electron chi connectivity index (χ4n) is 1.93. The second-order valence-corrected chi connectivity index (χ2v) is 5.39. The molecule has 0 bridgehead atoms. The van der Waals surface area contributed by atoms with Gasteiger partial charge >= 0.3 is 0 Å². The number of nitro benzene ring substituents is 1. The monoisotopic (exact) mass is 341 g/mol. The molecule has 6 nitrogen and oxygen atoms in total. The predicted octanol–water partition coefficient (Wildman–Crippen LogP) is 4.10.